The van der Waals surface area contributed by atoms with Crippen LogP contribution in [0.5, 0.6) is 0 Å². The van der Waals surface area contributed by atoms with E-state index < -0.39 is 11.6 Å². The van der Waals surface area contributed by atoms with Gasteiger partial charge in [-0.2, -0.15) is 0 Å². The fraction of sp³-hybridized carbons (Fsp3) is 0.357. The van der Waals surface area contributed by atoms with Crippen LogP contribution in [-0.4, -0.2) is 34.4 Å². The number of aryl methyl sites for hydroxylation is 1. The number of ether oxygens (including phenoxy) is 1. The van der Waals surface area contributed by atoms with Crippen LogP contribution in [0.3, 0.4) is 0 Å². The van der Waals surface area contributed by atoms with Crippen molar-refractivity contribution >= 4 is 39.6 Å². The fourth-order valence-electron chi connectivity index (χ4n) is 6.25. The minimum absolute atomic E-state index is 0.229. The molecule has 1 aliphatic carbocycles. The van der Waals surface area contributed by atoms with Crippen LogP contribution in [0.4, 0.5) is 5.69 Å². The first-order chi connectivity index (χ1) is 16.3. The van der Waals surface area contributed by atoms with Gasteiger partial charge in [-0.1, -0.05) is 54.8 Å². The lowest BCUT2D eigenvalue weighted by molar-refractivity contribution is -0.147. The normalized spacial score (nSPS) is 27.1. The Hall–Kier alpha value is -2.73. The summed E-state index contributed by atoms with van der Waals surface area (Å²) in [6.45, 7) is 5.94. The van der Waals surface area contributed by atoms with Crippen molar-refractivity contribution in [1.29, 1.82) is 0 Å². The minimum atomic E-state index is -0.739. The molecule has 2 bridgehead atoms. The molecule has 6 rings (SSSR count). The maximum absolute atomic E-state index is 14.0. The van der Waals surface area contributed by atoms with Gasteiger partial charge >= 0.3 is 0 Å². The lowest BCUT2D eigenvalue weighted by Gasteiger charge is -2.53. The van der Waals surface area contributed by atoms with E-state index in [0.29, 0.717) is 28.8 Å². The Kier molecular flexibility index (Phi) is 4.73. The van der Waals surface area contributed by atoms with E-state index in [0.717, 1.165) is 34.7 Å². The number of rotatable bonds is 2. The van der Waals surface area contributed by atoms with Crippen LogP contribution in [0.15, 0.2) is 36.4 Å². The van der Waals surface area contributed by atoms with Crippen LogP contribution in [0.2, 0.25) is 5.02 Å². The highest BCUT2D eigenvalue weighted by Gasteiger charge is 2.52. The molecule has 0 saturated carbocycles. The number of fused-ring (bicyclic) bond motifs is 9. The van der Waals surface area contributed by atoms with Crippen LogP contribution in [0.1, 0.15) is 82.2 Å². The molecule has 1 saturated heterocycles. The van der Waals surface area contributed by atoms with E-state index >= 15 is 0 Å². The van der Waals surface area contributed by atoms with Crippen LogP contribution < -0.4 is 5.32 Å². The summed E-state index contributed by atoms with van der Waals surface area (Å²) < 4.78 is 6.17. The van der Waals surface area contributed by atoms with Gasteiger partial charge in [0.2, 0.25) is 0 Å². The first-order valence-electron chi connectivity index (χ1n) is 11.9. The Morgan fingerprint density at radius 3 is 2.68 bits per heavy atom. The first kappa shape index (κ1) is 21.8. The molecule has 0 spiro atoms. The molecule has 174 valence electrons. The smallest absolute Gasteiger partial charge is 0.196 e. The summed E-state index contributed by atoms with van der Waals surface area (Å²) in [5.41, 5.74) is 3.11. The SMILES string of the molecule is CCC[C@]12C[C@@H](O[C@H](C)[C@H]1O)c1cc(Cl)c3c(c1N2)C(=O)c1ccc2cc(C)ccc2c1C3=O. The number of nitrogens with one attached hydrogen (secondary N) is 1. The maximum atomic E-state index is 14.0. The third kappa shape index (κ3) is 2.81. The van der Waals surface area contributed by atoms with Crippen molar-refractivity contribution in [2.75, 3.05) is 5.32 Å². The molecular weight excluding hydrogens is 450 g/mol. The van der Waals surface area contributed by atoms with Gasteiger partial charge in [0.05, 0.1) is 39.6 Å². The molecule has 0 aromatic heterocycles. The van der Waals surface area contributed by atoms with E-state index in [1.807, 2.05) is 38.1 Å². The van der Waals surface area contributed by atoms with Gasteiger partial charge in [0.25, 0.3) is 0 Å². The summed E-state index contributed by atoms with van der Waals surface area (Å²) in [5, 5.41) is 16.6. The third-order valence-corrected chi connectivity index (χ3v) is 8.07. The average Bonchev–Trinajstić information content (AvgIpc) is 2.80. The quantitative estimate of drug-likeness (QED) is 0.386. The Morgan fingerprint density at radius 2 is 1.91 bits per heavy atom. The molecule has 0 radical (unpaired) electrons. The maximum Gasteiger partial charge on any atom is 0.196 e. The number of carbonyl (C=O) groups is 2. The zero-order chi connectivity index (χ0) is 23.9. The molecule has 3 aromatic rings. The van der Waals surface area contributed by atoms with E-state index in [4.69, 9.17) is 16.3 Å². The standard InChI is InChI=1S/C28H26ClNO4/c1-4-9-28-12-20(34-14(3)27(28)33)18-11-19(29)22-23(24(18)30-28)25(31)17-8-6-15-10-13(2)5-7-16(15)21(17)26(22)32/h5-8,10-11,14,20,27,30,33H,4,9,12H2,1-3H3/t14-,20-,27-,28+/m1/s1. The molecule has 1 fully saturated rings. The summed E-state index contributed by atoms with van der Waals surface area (Å²) in [6, 6.07) is 11.3. The molecule has 5 nitrogen and oxygen atoms in total. The highest BCUT2D eigenvalue weighted by Crippen LogP contribution is 2.52. The van der Waals surface area contributed by atoms with E-state index in [-0.39, 0.29) is 34.4 Å². The Labute approximate surface area is 203 Å². The molecule has 2 N–H and O–H groups in total. The van der Waals surface area contributed by atoms with Crippen molar-refractivity contribution in [2.24, 2.45) is 0 Å². The molecular formula is C28H26ClNO4. The van der Waals surface area contributed by atoms with Crippen molar-refractivity contribution in [1.82, 2.24) is 0 Å². The second-order valence-electron chi connectivity index (χ2n) is 9.95. The van der Waals surface area contributed by atoms with E-state index in [9.17, 15) is 14.7 Å². The van der Waals surface area contributed by atoms with Gasteiger partial charge in [-0.15, -0.1) is 0 Å². The van der Waals surface area contributed by atoms with Gasteiger partial charge < -0.3 is 15.2 Å². The number of benzene rings is 3. The largest absolute Gasteiger partial charge is 0.388 e. The van der Waals surface area contributed by atoms with E-state index in [1.165, 1.54) is 0 Å². The van der Waals surface area contributed by atoms with Gasteiger partial charge in [-0.25, -0.2) is 0 Å². The topological polar surface area (TPSA) is 75.6 Å². The van der Waals surface area contributed by atoms with Crippen molar-refractivity contribution in [3.63, 3.8) is 0 Å². The van der Waals surface area contributed by atoms with Gasteiger partial charge in [0.1, 0.15) is 6.10 Å². The lowest BCUT2D eigenvalue weighted by Crippen LogP contribution is -2.61. The predicted molar refractivity (Wildman–Crippen MR) is 132 cm³/mol. The van der Waals surface area contributed by atoms with Gasteiger partial charge in [0, 0.05) is 23.1 Å². The second kappa shape index (κ2) is 7.38. The van der Waals surface area contributed by atoms with E-state index in [2.05, 4.69) is 12.2 Å². The number of hydrogen-bond acceptors (Lipinski definition) is 5. The minimum Gasteiger partial charge on any atom is -0.388 e. The summed E-state index contributed by atoms with van der Waals surface area (Å²) in [5.74, 6) is -0.476. The zero-order valence-electron chi connectivity index (χ0n) is 19.4. The van der Waals surface area contributed by atoms with Crippen LogP contribution in [-0.2, 0) is 4.74 Å². The molecule has 2 aliphatic heterocycles. The average molecular weight is 476 g/mol. The summed E-state index contributed by atoms with van der Waals surface area (Å²) in [4.78, 5) is 27.8. The molecule has 6 heteroatoms. The highest BCUT2D eigenvalue weighted by atomic mass is 35.5. The number of hydrogen-bond donors (Lipinski definition) is 2. The highest BCUT2D eigenvalue weighted by molar-refractivity contribution is 6.41. The second-order valence-corrected chi connectivity index (χ2v) is 10.4. The van der Waals surface area contributed by atoms with E-state index in [1.54, 1.807) is 12.1 Å². The molecule has 3 aromatic carbocycles. The van der Waals surface area contributed by atoms with Crippen molar-refractivity contribution < 1.29 is 19.4 Å². The van der Waals surface area contributed by atoms with Crippen LogP contribution in [0, 0.1) is 6.92 Å². The predicted octanol–water partition coefficient (Wildman–Crippen LogP) is 5.75. The fourth-order valence-corrected chi connectivity index (χ4v) is 6.55. The van der Waals surface area contributed by atoms with Crippen LogP contribution in [0.25, 0.3) is 10.8 Å². The van der Waals surface area contributed by atoms with Crippen molar-refractivity contribution in [3.8, 4) is 0 Å². The summed E-state index contributed by atoms with van der Waals surface area (Å²) in [6.07, 6.45) is 0.740. The Morgan fingerprint density at radius 1 is 1.12 bits per heavy atom. The Balaban J connectivity index is 1.61. The number of ketones is 2. The number of carbonyl (C=O) groups excluding carboxylic acids is 2. The summed E-state index contributed by atoms with van der Waals surface area (Å²) >= 11 is 6.71. The number of aliphatic hydroxyl groups excluding tert-OH is 1. The summed E-state index contributed by atoms with van der Waals surface area (Å²) in [7, 11) is 0. The monoisotopic (exact) mass is 475 g/mol. The molecule has 0 unspecified atom stereocenters. The third-order valence-electron chi connectivity index (χ3n) is 7.77. The molecule has 3 aliphatic rings. The van der Waals surface area contributed by atoms with Crippen molar-refractivity contribution in [2.45, 2.75) is 63.9 Å². The molecule has 2 heterocycles. The molecule has 4 atom stereocenters. The number of aliphatic hydroxyl groups is 1. The van der Waals surface area contributed by atoms with Crippen molar-refractivity contribution in [3.05, 3.63) is 74.8 Å². The molecule has 34 heavy (non-hydrogen) atoms. The van der Waals surface area contributed by atoms with Gasteiger partial charge in [-0.05, 0) is 43.2 Å². The van der Waals surface area contributed by atoms with Gasteiger partial charge in [0.15, 0.2) is 11.6 Å². The molecule has 0 amide bonds. The van der Waals surface area contributed by atoms with Crippen LogP contribution >= 0.6 is 11.6 Å². The zero-order valence-corrected chi connectivity index (χ0v) is 20.1. The first-order valence-corrected chi connectivity index (χ1v) is 12.2. The number of anilines is 1. The lowest BCUT2D eigenvalue weighted by atomic mass is 9.71. The Bertz CT molecular complexity index is 1410. The number of halogens is 1. The van der Waals surface area contributed by atoms with Gasteiger partial charge in [-0.3, -0.25) is 9.59 Å².